The first kappa shape index (κ1) is 22.6. The predicted octanol–water partition coefficient (Wildman–Crippen LogP) is 4.43. The molecule has 0 unspecified atom stereocenters. The number of nitrogens with two attached hydrogens (primary N) is 1. The number of aromatic nitrogens is 5. The molecule has 0 aliphatic rings. The number of ether oxygens (including phenoxy) is 1. The molecule has 176 valence electrons. The standard InChI is InChI=1S/C27H21N7O2/c1-3-4-21(35)33-19-9-5-18(6-10-19)25-23(24-26(28)31-16-32-27(24)34(25)2)17-7-11-20(12-8-17)36-22-15-29-13-14-30-22/h5-16H,1-2H3,(H,33,35)(H2,28,31,32). The SMILES string of the molecule is CC#CC(=O)Nc1ccc(-c2c(-c3ccc(Oc4cnccn4)cc3)c3c(N)ncnc3n2C)cc1. The number of fused-ring (bicyclic) bond motifs is 1. The zero-order valence-electron chi connectivity index (χ0n) is 19.6. The first-order chi connectivity index (χ1) is 17.5. The molecule has 5 rings (SSSR count). The van der Waals surface area contributed by atoms with E-state index < -0.39 is 0 Å². The summed E-state index contributed by atoms with van der Waals surface area (Å²) < 4.78 is 7.78. The van der Waals surface area contributed by atoms with Crippen molar-refractivity contribution < 1.29 is 9.53 Å². The molecule has 0 saturated heterocycles. The first-order valence-corrected chi connectivity index (χ1v) is 11.0. The Morgan fingerprint density at radius 3 is 2.44 bits per heavy atom. The molecule has 0 aliphatic carbocycles. The van der Waals surface area contributed by atoms with Crippen LogP contribution in [0.15, 0.2) is 73.4 Å². The van der Waals surface area contributed by atoms with Crippen LogP contribution in [0, 0.1) is 11.8 Å². The van der Waals surface area contributed by atoms with Gasteiger partial charge in [0.25, 0.3) is 5.91 Å². The van der Waals surface area contributed by atoms with E-state index in [0.717, 1.165) is 27.8 Å². The van der Waals surface area contributed by atoms with Crippen molar-refractivity contribution in [2.24, 2.45) is 7.05 Å². The second-order valence-electron chi connectivity index (χ2n) is 7.82. The molecule has 9 nitrogen and oxygen atoms in total. The number of amides is 1. The molecule has 3 heterocycles. The van der Waals surface area contributed by atoms with Crippen molar-refractivity contribution in [1.82, 2.24) is 24.5 Å². The summed E-state index contributed by atoms with van der Waals surface area (Å²) >= 11 is 0. The van der Waals surface area contributed by atoms with Gasteiger partial charge < -0.3 is 20.4 Å². The molecule has 3 aromatic heterocycles. The second kappa shape index (κ2) is 9.56. The molecule has 0 radical (unpaired) electrons. The average molecular weight is 476 g/mol. The summed E-state index contributed by atoms with van der Waals surface area (Å²) in [5.41, 5.74) is 11.3. The average Bonchev–Trinajstić information content (AvgIpc) is 3.19. The molecular weight excluding hydrogens is 454 g/mol. The topological polar surface area (TPSA) is 121 Å². The first-order valence-electron chi connectivity index (χ1n) is 11.0. The zero-order chi connectivity index (χ0) is 25.1. The normalized spacial score (nSPS) is 10.5. The highest BCUT2D eigenvalue weighted by Gasteiger charge is 2.22. The lowest BCUT2D eigenvalue weighted by atomic mass is 9.98. The molecule has 0 fully saturated rings. The highest BCUT2D eigenvalue weighted by Crippen LogP contribution is 2.42. The Bertz CT molecular complexity index is 1620. The van der Waals surface area contributed by atoms with E-state index in [4.69, 9.17) is 10.5 Å². The molecule has 36 heavy (non-hydrogen) atoms. The number of hydrogen-bond acceptors (Lipinski definition) is 7. The fourth-order valence-electron chi connectivity index (χ4n) is 4.03. The van der Waals surface area contributed by atoms with Gasteiger partial charge in [0.1, 0.15) is 23.5 Å². The number of aryl methyl sites for hydroxylation is 1. The minimum atomic E-state index is -0.359. The Morgan fingerprint density at radius 2 is 1.75 bits per heavy atom. The van der Waals surface area contributed by atoms with Gasteiger partial charge in [-0.25, -0.2) is 15.0 Å². The van der Waals surface area contributed by atoms with Gasteiger partial charge in [0, 0.05) is 30.7 Å². The Balaban J connectivity index is 1.58. The largest absolute Gasteiger partial charge is 0.438 e. The molecule has 0 atom stereocenters. The highest BCUT2D eigenvalue weighted by molar-refractivity contribution is 6.08. The van der Waals surface area contributed by atoms with Crippen LogP contribution in [0.3, 0.4) is 0 Å². The number of carbonyl (C=O) groups excluding carboxylic acids is 1. The third kappa shape index (κ3) is 4.31. The highest BCUT2D eigenvalue weighted by atomic mass is 16.5. The van der Waals surface area contributed by atoms with Crippen LogP contribution in [-0.2, 0) is 11.8 Å². The van der Waals surface area contributed by atoms with Crippen LogP contribution < -0.4 is 15.8 Å². The number of nitrogens with zero attached hydrogens (tertiary/aromatic N) is 5. The maximum Gasteiger partial charge on any atom is 0.300 e. The van der Waals surface area contributed by atoms with Crippen LogP contribution >= 0.6 is 0 Å². The summed E-state index contributed by atoms with van der Waals surface area (Å²) in [7, 11) is 1.94. The smallest absolute Gasteiger partial charge is 0.300 e. The molecule has 0 spiro atoms. The molecule has 2 aromatic carbocycles. The van der Waals surface area contributed by atoms with Crippen LogP contribution in [-0.4, -0.2) is 30.4 Å². The van der Waals surface area contributed by atoms with Crippen molar-refractivity contribution in [3.63, 3.8) is 0 Å². The summed E-state index contributed by atoms with van der Waals surface area (Å²) in [6.45, 7) is 1.62. The van der Waals surface area contributed by atoms with E-state index in [2.05, 4.69) is 37.1 Å². The molecule has 5 aromatic rings. The van der Waals surface area contributed by atoms with E-state index in [0.29, 0.717) is 28.8 Å². The number of rotatable bonds is 5. The number of anilines is 2. The van der Waals surface area contributed by atoms with E-state index in [-0.39, 0.29) is 5.91 Å². The molecule has 1 amide bonds. The third-order valence-electron chi connectivity index (χ3n) is 5.56. The third-order valence-corrected chi connectivity index (χ3v) is 5.56. The van der Waals surface area contributed by atoms with Gasteiger partial charge in [0.15, 0.2) is 0 Å². The van der Waals surface area contributed by atoms with Crippen LogP contribution in [0.4, 0.5) is 11.5 Å². The number of nitrogens with one attached hydrogen (secondary N) is 1. The van der Waals surface area contributed by atoms with Crippen molar-refractivity contribution in [3.8, 4) is 45.9 Å². The zero-order valence-corrected chi connectivity index (χ0v) is 19.6. The quantitative estimate of drug-likeness (QED) is 0.361. The lowest BCUT2D eigenvalue weighted by Crippen LogP contribution is -2.08. The predicted molar refractivity (Wildman–Crippen MR) is 138 cm³/mol. The van der Waals surface area contributed by atoms with Crippen molar-refractivity contribution in [1.29, 1.82) is 0 Å². The van der Waals surface area contributed by atoms with Gasteiger partial charge in [-0.15, -0.1) is 0 Å². The van der Waals surface area contributed by atoms with Crippen LogP contribution in [0.5, 0.6) is 11.6 Å². The lowest BCUT2D eigenvalue weighted by molar-refractivity contribution is -0.111. The van der Waals surface area contributed by atoms with E-state index in [1.165, 1.54) is 6.33 Å². The fraction of sp³-hybridized carbons (Fsp3) is 0.0741. The van der Waals surface area contributed by atoms with E-state index in [1.54, 1.807) is 25.5 Å². The van der Waals surface area contributed by atoms with Gasteiger partial charge in [0.05, 0.1) is 17.3 Å². The summed E-state index contributed by atoms with van der Waals surface area (Å²) in [4.78, 5) is 28.7. The maximum atomic E-state index is 11.8. The van der Waals surface area contributed by atoms with E-state index >= 15 is 0 Å². The number of nitrogen functional groups attached to an aromatic ring is 1. The Morgan fingerprint density at radius 1 is 1.00 bits per heavy atom. The van der Waals surface area contributed by atoms with Gasteiger partial charge in [-0.05, 0) is 48.2 Å². The molecule has 3 N–H and O–H groups in total. The molecule has 0 bridgehead atoms. The fourth-order valence-corrected chi connectivity index (χ4v) is 4.03. The summed E-state index contributed by atoms with van der Waals surface area (Å²) in [6, 6.07) is 15.2. The van der Waals surface area contributed by atoms with Gasteiger partial charge in [-0.1, -0.05) is 30.2 Å². The van der Waals surface area contributed by atoms with Crippen molar-refractivity contribution in [3.05, 3.63) is 73.4 Å². The monoisotopic (exact) mass is 475 g/mol. The van der Waals surface area contributed by atoms with Crippen LogP contribution in [0.2, 0.25) is 0 Å². The van der Waals surface area contributed by atoms with Gasteiger partial charge >= 0.3 is 0 Å². The van der Waals surface area contributed by atoms with E-state index in [9.17, 15) is 4.79 Å². The van der Waals surface area contributed by atoms with Crippen molar-refractivity contribution in [2.45, 2.75) is 6.92 Å². The second-order valence-corrected chi connectivity index (χ2v) is 7.82. The number of benzene rings is 2. The van der Waals surface area contributed by atoms with Gasteiger partial charge in [0.2, 0.25) is 5.88 Å². The Labute approximate surface area is 207 Å². The lowest BCUT2D eigenvalue weighted by Gasteiger charge is -2.11. The van der Waals surface area contributed by atoms with Gasteiger partial charge in [-0.2, -0.15) is 0 Å². The minimum absolute atomic E-state index is 0.359. The van der Waals surface area contributed by atoms with Crippen LogP contribution in [0.1, 0.15) is 6.92 Å². The van der Waals surface area contributed by atoms with E-state index in [1.807, 2.05) is 60.1 Å². The maximum absolute atomic E-state index is 11.8. The molecule has 0 aliphatic heterocycles. The summed E-state index contributed by atoms with van der Waals surface area (Å²) in [5, 5.41) is 3.52. The van der Waals surface area contributed by atoms with Crippen LogP contribution in [0.25, 0.3) is 33.4 Å². The molecular formula is C27H21N7O2. The Kier molecular flexibility index (Phi) is 5.99. The summed E-state index contributed by atoms with van der Waals surface area (Å²) in [6.07, 6.45) is 6.17. The van der Waals surface area contributed by atoms with Crippen molar-refractivity contribution in [2.75, 3.05) is 11.1 Å². The number of hydrogen-bond donors (Lipinski definition) is 2. The molecule has 9 heteroatoms. The minimum Gasteiger partial charge on any atom is -0.438 e. The molecule has 0 saturated carbocycles. The van der Waals surface area contributed by atoms with Gasteiger partial charge in [-0.3, -0.25) is 9.78 Å². The summed E-state index contributed by atoms with van der Waals surface area (Å²) in [5.74, 6) is 6.13. The Hall–Kier alpha value is -5.23. The van der Waals surface area contributed by atoms with Crippen molar-refractivity contribution >= 4 is 28.4 Å². The number of carbonyl (C=O) groups is 1.